The summed E-state index contributed by atoms with van der Waals surface area (Å²) in [7, 11) is 0. The van der Waals surface area contributed by atoms with Gasteiger partial charge in [0.05, 0.1) is 0 Å². The first-order valence-corrected chi connectivity index (χ1v) is 7.76. The lowest BCUT2D eigenvalue weighted by atomic mass is 10.1. The summed E-state index contributed by atoms with van der Waals surface area (Å²) in [5.74, 6) is 0.0277. The van der Waals surface area contributed by atoms with Crippen molar-refractivity contribution in [3.63, 3.8) is 0 Å². The Balaban J connectivity index is 2.02. The number of carbonyl (C=O) groups excluding carboxylic acids is 1. The fourth-order valence-electron chi connectivity index (χ4n) is 1.95. The second kappa shape index (κ2) is 7.79. The van der Waals surface area contributed by atoms with Crippen molar-refractivity contribution in [3.05, 3.63) is 82.0 Å². The number of rotatable bonds is 6. The Morgan fingerprint density at radius 3 is 2.38 bits per heavy atom. The maximum atomic E-state index is 12.2. The molecule has 2 aromatic rings. The van der Waals surface area contributed by atoms with E-state index in [1.165, 1.54) is 5.56 Å². The van der Waals surface area contributed by atoms with Gasteiger partial charge in [-0.2, -0.15) is 0 Å². The van der Waals surface area contributed by atoms with E-state index in [1.807, 2.05) is 49.4 Å². The van der Waals surface area contributed by atoms with Gasteiger partial charge in [0.2, 0.25) is 0 Å². The number of benzene rings is 2. The molecule has 0 aromatic heterocycles. The van der Waals surface area contributed by atoms with Crippen molar-refractivity contribution in [2.45, 2.75) is 19.9 Å². The molecule has 0 saturated heterocycles. The van der Waals surface area contributed by atoms with Gasteiger partial charge in [0.15, 0.2) is 5.78 Å². The lowest BCUT2D eigenvalue weighted by Crippen LogP contribution is -2.13. The highest BCUT2D eigenvalue weighted by Gasteiger charge is 2.04. The standard InChI is InChI=1S/C18H18BrNO/c1-2-17(20-13-14-6-4-3-5-7-14)12-18(21)15-8-10-16(19)11-9-15/h3-12,20H,2,13H2,1H3/b17-12+. The molecular formula is C18H18BrNO. The van der Waals surface area contributed by atoms with E-state index in [2.05, 4.69) is 33.4 Å². The molecular weight excluding hydrogens is 326 g/mol. The molecule has 0 saturated carbocycles. The van der Waals surface area contributed by atoms with Gasteiger partial charge in [-0.05, 0) is 36.2 Å². The fraction of sp³-hybridized carbons (Fsp3) is 0.167. The van der Waals surface area contributed by atoms with E-state index in [-0.39, 0.29) is 5.78 Å². The first kappa shape index (κ1) is 15.5. The highest BCUT2D eigenvalue weighted by Crippen LogP contribution is 2.12. The number of ketones is 1. The van der Waals surface area contributed by atoms with E-state index in [9.17, 15) is 4.79 Å². The molecule has 0 amide bonds. The number of nitrogens with one attached hydrogen (secondary N) is 1. The lowest BCUT2D eigenvalue weighted by molar-refractivity contribution is 0.104. The van der Waals surface area contributed by atoms with Crippen LogP contribution in [0.15, 0.2) is 70.8 Å². The predicted octanol–water partition coefficient (Wildman–Crippen LogP) is 4.72. The quantitative estimate of drug-likeness (QED) is 0.607. The van der Waals surface area contributed by atoms with Gasteiger partial charge >= 0.3 is 0 Å². The third kappa shape index (κ3) is 4.87. The zero-order valence-corrected chi connectivity index (χ0v) is 13.6. The van der Waals surface area contributed by atoms with Gasteiger partial charge in [0.1, 0.15) is 0 Å². The van der Waals surface area contributed by atoms with Gasteiger partial charge in [0, 0.05) is 28.4 Å². The van der Waals surface area contributed by atoms with E-state index in [0.29, 0.717) is 5.56 Å². The van der Waals surface area contributed by atoms with Crippen LogP contribution in [0, 0.1) is 0 Å². The predicted molar refractivity (Wildman–Crippen MR) is 90.1 cm³/mol. The Kier molecular flexibility index (Phi) is 5.76. The molecule has 0 atom stereocenters. The number of allylic oxidation sites excluding steroid dienone is 2. The van der Waals surface area contributed by atoms with Crippen molar-refractivity contribution in [2.24, 2.45) is 0 Å². The number of carbonyl (C=O) groups is 1. The highest BCUT2D eigenvalue weighted by molar-refractivity contribution is 9.10. The molecule has 2 aromatic carbocycles. The molecule has 0 unspecified atom stereocenters. The van der Waals surface area contributed by atoms with Gasteiger partial charge in [0.25, 0.3) is 0 Å². The molecule has 0 spiro atoms. The Morgan fingerprint density at radius 2 is 1.76 bits per heavy atom. The van der Waals surface area contributed by atoms with Gasteiger partial charge < -0.3 is 5.32 Å². The summed E-state index contributed by atoms with van der Waals surface area (Å²) in [6, 6.07) is 17.6. The first-order valence-electron chi connectivity index (χ1n) is 6.97. The molecule has 2 rings (SSSR count). The maximum absolute atomic E-state index is 12.2. The molecule has 0 fully saturated rings. The van der Waals surface area contributed by atoms with Crippen molar-refractivity contribution < 1.29 is 4.79 Å². The molecule has 108 valence electrons. The molecule has 1 N–H and O–H groups in total. The summed E-state index contributed by atoms with van der Waals surface area (Å²) in [6.45, 7) is 2.77. The Morgan fingerprint density at radius 1 is 1.10 bits per heavy atom. The third-order valence-electron chi connectivity index (χ3n) is 3.18. The van der Waals surface area contributed by atoms with Crippen molar-refractivity contribution in [1.82, 2.24) is 5.32 Å². The Labute approximate surface area is 134 Å². The minimum Gasteiger partial charge on any atom is -0.384 e. The molecule has 0 aliphatic carbocycles. The van der Waals surface area contributed by atoms with E-state index in [4.69, 9.17) is 0 Å². The van der Waals surface area contributed by atoms with Crippen LogP contribution in [-0.4, -0.2) is 5.78 Å². The zero-order chi connectivity index (χ0) is 15.1. The van der Waals surface area contributed by atoms with Crippen LogP contribution in [0.5, 0.6) is 0 Å². The number of halogens is 1. The SMILES string of the molecule is CC/C(=C\C(=O)c1ccc(Br)cc1)NCc1ccccc1. The molecule has 2 nitrogen and oxygen atoms in total. The molecule has 0 heterocycles. The van der Waals surface area contributed by atoms with Gasteiger partial charge in [-0.15, -0.1) is 0 Å². The monoisotopic (exact) mass is 343 g/mol. The Hall–Kier alpha value is -1.87. The van der Waals surface area contributed by atoms with E-state index < -0.39 is 0 Å². The summed E-state index contributed by atoms with van der Waals surface area (Å²) in [5, 5.41) is 3.33. The van der Waals surface area contributed by atoms with Gasteiger partial charge in [-0.1, -0.05) is 53.2 Å². The number of hydrogen-bond acceptors (Lipinski definition) is 2. The van der Waals surface area contributed by atoms with Crippen LogP contribution < -0.4 is 5.32 Å². The fourth-order valence-corrected chi connectivity index (χ4v) is 2.21. The van der Waals surface area contributed by atoms with E-state index in [0.717, 1.165) is 23.1 Å². The second-order valence-electron chi connectivity index (χ2n) is 4.73. The smallest absolute Gasteiger partial charge is 0.187 e. The lowest BCUT2D eigenvalue weighted by Gasteiger charge is -2.09. The average molecular weight is 344 g/mol. The zero-order valence-electron chi connectivity index (χ0n) is 12.0. The molecule has 3 heteroatoms. The van der Waals surface area contributed by atoms with Crippen molar-refractivity contribution >= 4 is 21.7 Å². The van der Waals surface area contributed by atoms with Crippen LogP contribution in [0.3, 0.4) is 0 Å². The minimum absolute atomic E-state index is 0.0277. The van der Waals surface area contributed by atoms with E-state index in [1.54, 1.807) is 6.08 Å². The summed E-state index contributed by atoms with van der Waals surface area (Å²) in [5.41, 5.74) is 2.85. The molecule has 0 bridgehead atoms. The van der Waals surface area contributed by atoms with Crippen LogP contribution in [0.1, 0.15) is 29.3 Å². The summed E-state index contributed by atoms with van der Waals surface area (Å²) < 4.78 is 0.973. The molecule has 0 radical (unpaired) electrons. The van der Waals surface area contributed by atoms with Crippen molar-refractivity contribution in [3.8, 4) is 0 Å². The summed E-state index contributed by atoms with van der Waals surface area (Å²) >= 11 is 3.37. The van der Waals surface area contributed by atoms with Crippen LogP contribution >= 0.6 is 15.9 Å². The maximum Gasteiger partial charge on any atom is 0.187 e. The largest absolute Gasteiger partial charge is 0.384 e. The highest BCUT2D eigenvalue weighted by atomic mass is 79.9. The summed E-state index contributed by atoms with van der Waals surface area (Å²) in [4.78, 5) is 12.2. The molecule has 0 aliphatic rings. The van der Waals surface area contributed by atoms with Crippen molar-refractivity contribution in [1.29, 1.82) is 0 Å². The molecule has 21 heavy (non-hydrogen) atoms. The van der Waals surface area contributed by atoms with E-state index >= 15 is 0 Å². The van der Waals surface area contributed by atoms with Crippen LogP contribution in [0.4, 0.5) is 0 Å². The van der Waals surface area contributed by atoms with Crippen LogP contribution in [0.25, 0.3) is 0 Å². The first-order chi connectivity index (χ1) is 10.2. The number of hydrogen-bond donors (Lipinski definition) is 1. The Bertz CT molecular complexity index is 617. The minimum atomic E-state index is 0.0277. The van der Waals surface area contributed by atoms with Crippen LogP contribution in [-0.2, 0) is 6.54 Å². The normalized spacial score (nSPS) is 11.2. The van der Waals surface area contributed by atoms with Crippen LogP contribution in [0.2, 0.25) is 0 Å². The summed E-state index contributed by atoms with van der Waals surface area (Å²) in [6.07, 6.45) is 2.49. The van der Waals surface area contributed by atoms with Crippen molar-refractivity contribution in [2.75, 3.05) is 0 Å². The average Bonchev–Trinajstić information content (AvgIpc) is 2.53. The second-order valence-corrected chi connectivity index (χ2v) is 5.65. The molecule has 0 aliphatic heterocycles. The topological polar surface area (TPSA) is 29.1 Å². The van der Waals surface area contributed by atoms with Gasteiger partial charge in [-0.25, -0.2) is 0 Å². The van der Waals surface area contributed by atoms with Gasteiger partial charge in [-0.3, -0.25) is 4.79 Å². The third-order valence-corrected chi connectivity index (χ3v) is 3.71.